The lowest BCUT2D eigenvalue weighted by atomic mass is 9.93. The van der Waals surface area contributed by atoms with Gasteiger partial charge in [-0.3, -0.25) is 4.79 Å². The van der Waals surface area contributed by atoms with Gasteiger partial charge < -0.3 is 15.2 Å². The first-order chi connectivity index (χ1) is 12.9. The number of hydrogen-bond acceptors (Lipinski definition) is 5. The first-order valence-corrected chi connectivity index (χ1v) is 9.38. The molecule has 146 valence electrons. The Morgan fingerprint density at radius 1 is 1.48 bits per heavy atom. The Balaban J connectivity index is 1.92. The number of ether oxygens (including phenoxy) is 1. The number of fused-ring (bicyclic) bond motifs is 1. The minimum atomic E-state index is -1.05. The molecular weight excluding hydrogens is 348 g/mol. The summed E-state index contributed by atoms with van der Waals surface area (Å²) in [6, 6.07) is 0.848. The van der Waals surface area contributed by atoms with Crippen LogP contribution >= 0.6 is 0 Å². The van der Waals surface area contributed by atoms with E-state index in [9.17, 15) is 14.7 Å². The van der Waals surface area contributed by atoms with Crippen LogP contribution in [0.15, 0.2) is 12.3 Å². The van der Waals surface area contributed by atoms with E-state index in [4.69, 9.17) is 4.74 Å². The van der Waals surface area contributed by atoms with Crippen LogP contribution in [0, 0.1) is 12.8 Å². The highest BCUT2D eigenvalue weighted by molar-refractivity contribution is 6.06. The van der Waals surface area contributed by atoms with Crippen molar-refractivity contribution in [1.29, 1.82) is 0 Å². The van der Waals surface area contributed by atoms with Crippen LogP contribution in [0.25, 0.3) is 11.0 Å². The maximum absolute atomic E-state index is 12.9. The minimum absolute atomic E-state index is 0.152. The van der Waals surface area contributed by atoms with Crippen LogP contribution in [0.1, 0.15) is 55.2 Å². The van der Waals surface area contributed by atoms with Gasteiger partial charge in [0, 0.05) is 18.2 Å². The third-order valence-electron chi connectivity index (χ3n) is 5.17. The number of carbonyl (C=O) groups is 2. The van der Waals surface area contributed by atoms with Gasteiger partial charge in [0.05, 0.1) is 29.8 Å². The molecule has 1 aliphatic heterocycles. The summed E-state index contributed by atoms with van der Waals surface area (Å²) in [5.41, 5.74) is 1.72. The van der Waals surface area contributed by atoms with Crippen molar-refractivity contribution in [1.82, 2.24) is 20.1 Å². The molecule has 0 spiro atoms. The molecule has 27 heavy (non-hydrogen) atoms. The van der Waals surface area contributed by atoms with Crippen LogP contribution in [0.5, 0.6) is 0 Å². The van der Waals surface area contributed by atoms with Crippen molar-refractivity contribution in [3.05, 3.63) is 23.5 Å². The van der Waals surface area contributed by atoms with Crippen molar-refractivity contribution < 1.29 is 19.4 Å². The molecule has 2 N–H and O–H groups in total. The van der Waals surface area contributed by atoms with E-state index in [0.717, 1.165) is 12.8 Å². The fourth-order valence-electron chi connectivity index (χ4n) is 3.46. The van der Waals surface area contributed by atoms with E-state index in [1.165, 1.54) is 0 Å². The number of aryl methyl sites for hydroxylation is 1. The molecular formula is C19H26N4O4. The summed E-state index contributed by atoms with van der Waals surface area (Å²) in [5.74, 6) is -1.70. The Labute approximate surface area is 157 Å². The van der Waals surface area contributed by atoms with Crippen LogP contribution in [-0.4, -0.2) is 51.0 Å². The van der Waals surface area contributed by atoms with Crippen molar-refractivity contribution in [2.75, 3.05) is 13.2 Å². The molecule has 3 heterocycles. The van der Waals surface area contributed by atoms with Gasteiger partial charge >= 0.3 is 5.97 Å². The van der Waals surface area contributed by atoms with E-state index >= 15 is 0 Å². The first kappa shape index (κ1) is 19.3. The monoisotopic (exact) mass is 374 g/mol. The maximum Gasteiger partial charge on any atom is 0.326 e. The summed E-state index contributed by atoms with van der Waals surface area (Å²) in [6.45, 7) is 6.89. The lowest BCUT2D eigenvalue weighted by Crippen LogP contribution is -2.48. The molecule has 0 bridgehead atoms. The quantitative estimate of drug-likeness (QED) is 0.804. The van der Waals surface area contributed by atoms with Crippen LogP contribution in [0.4, 0.5) is 0 Å². The predicted octanol–water partition coefficient (Wildman–Crippen LogP) is 2.32. The number of aliphatic carboxylic acids is 1. The summed E-state index contributed by atoms with van der Waals surface area (Å²) in [6.07, 6.45) is 4.03. The molecule has 0 aliphatic carbocycles. The van der Waals surface area contributed by atoms with E-state index in [2.05, 4.69) is 22.3 Å². The molecule has 0 saturated carbocycles. The average molecular weight is 374 g/mol. The van der Waals surface area contributed by atoms with Crippen LogP contribution < -0.4 is 5.32 Å². The number of pyridine rings is 1. The van der Waals surface area contributed by atoms with Gasteiger partial charge in [-0.15, -0.1) is 0 Å². The second-order valence-corrected chi connectivity index (χ2v) is 7.16. The van der Waals surface area contributed by atoms with Crippen molar-refractivity contribution in [3.8, 4) is 0 Å². The second-order valence-electron chi connectivity index (χ2n) is 7.16. The van der Waals surface area contributed by atoms with Crippen molar-refractivity contribution >= 4 is 22.9 Å². The SMILES string of the molecule is CCC(C)n1ncc2c(C(=O)NC(C(=O)O)C3CCCOC3)cc(C)nc21. The number of nitrogens with zero attached hydrogens (tertiary/aromatic N) is 3. The van der Waals surface area contributed by atoms with Crippen molar-refractivity contribution in [2.45, 2.75) is 52.1 Å². The van der Waals surface area contributed by atoms with E-state index < -0.39 is 17.9 Å². The highest BCUT2D eigenvalue weighted by atomic mass is 16.5. The lowest BCUT2D eigenvalue weighted by Gasteiger charge is -2.28. The van der Waals surface area contributed by atoms with Gasteiger partial charge in [0.1, 0.15) is 6.04 Å². The topological polar surface area (TPSA) is 106 Å². The van der Waals surface area contributed by atoms with Gasteiger partial charge in [0.2, 0.25) is 0 Å². The fourth-order valence-corrected chi connectivity index (χ4v) is 3.46. The molecule has 1 aliphatic rings. The molecule has 1 fully saturated rings. The number of amides is 1. The molecule has 3 rings (SSSR count). The highest BCUT2D eigenvalue weighted by Crippen LogP contribution is 2.23. The normalized spacial score (nSPS) is 19.6. The fraction of sp³-hybridized carbons (Fsp3) is 0.579. The number of nitrogens with one attached hydrogen (secondary N) is 1. The number of carboxylic acid groups (broad SMARTS) is 1. The van der Waals surface area contributed by atoms with Gasteiger partial charge in [-0.1, -0.05) is 6.92 Å². The molecule has 0 aromatic carbocycles. The molecule has 0 radical (unpaired) electrons. The lowest BCUT2D eigenvalue weighted by molar-refractivity contribution is -0.142. The summed E-state index contributed by atoms with van der Waals surface area (Å²) >= 11 is 0. The average Bonchev–Trinajstić information content (AvgIpc) is 3.08. The Hall–Kier alpha value is -2.48. The van der Waals surface area contributed by atoms with E-state index in [1.807, 2.05) is 18.5 Å². The van der Waals surface area contributed by atoms with Gasteiger partial charge in [-0.2, -0.15) is 5.10 Å². The van der Waals surface area contributed by atoms with Crippen LogP contribution in [0.2, 0.25) is 0 Å². The van der Waals surface area contributed by atoms with Gasteiger partial charge in [-0.25, -0.2) is 14.5 Å². The molecule has 8 heteroatoms. The third-order valence-corrected chi connectivity index (χ3v) is 5.17. The summed E-state index contributed by atoms with van der Waals surface area (Å²) in [5, 5.41) is 17.3. The van der Waals surface area contributed by atoms with Crippen LogP contribution in [0.3, 0.4) is 0 Å². The smallest absolute Gasteiger partial charge is 0.326 e. The summed E-state index contributed by atoms with van der Waals surface area (Å²) < 4.78 is 7.20. The zero-order valence-corrected chi connectivity index (χ0v) is 15.9. The molecule has 8 nitrogen and oxygen atoms in total. The van der Waals surface area contributed by atoms with Crippen LogP contribution in [-0.2, 0) is 9.53 Å². The van der Waals surface area contributed by atoms with Crippen molar-refractivity contribution in [2.24, 2.45) is 5.92 Å². The first-order valence-electron chi connectivity index (χ1n) is 9.38. The number of hydrogen-bond donors (Lipinski definition) is 2. The Morgan fingerprint density at radius 2 is 2.26 bits per heavy atom. The summed E-state index contributed by atoms with van der Waals surface area (Å²) in [4.78, 5) is 29.2. The zero-order valence-electron chi connectivity index (χ0n) is 15.9. The summed E-state index contributed by atoms with van der Waals surface area (Å²) in [7, 11) is 0. The molecule has 2 aromatic rings. The van der Waals surface area contributed by atoms with E-state index in [-0.39, 0.29) is 12.0 Å². The minimum Gasteiger partial charge on any atom is -0.480 e. The van der Waals surface area contributed by atoms with Gasteiger partial charge in [-0.05, 0) is 39.2 Å². The largest absolute Gasteiger partial charge is 0.480 e. The predicted molar refractivity (Wildman–Crippen MR) is 99.7 cm³/mol. The van der Waals surface area contributed by atoms with Crippen molar-refractivity contribution in [3.63, 3.8) is 0 Å². The number of carbonyl (C=O) groups excluding carboxylic acids is 1. The molecule has 3 unspecified atom stereocenters. The highest BCUT2D eigenvalue weighted by Gasteiger charge is 2.32. The zero-order chi connectivity index (χ0) is 19.6. The maximum atomic E-state index is 12.9. The Kier molecular flexibility index (Phi) is 5.74. The van der Waals surface area contributed by atoms with Gasteiger partial charge in [0.25, 0.3) is 5.91 Å². The number of aromatic nitrogens is 3. The third kappa shape index (κ3) is 3.95. The molecule has 2 aromatic heterocycles. The van der Waals surface area contributed by atoms with E-state index in [0.29, 0.717) is 41.9 Å². The second kappa shape index (κ2) is 8.04. The molecule has 3 atom stereocenters. The van der Waals surface area contributed by atoms with E-state index in [1.54, 1.807) is 12.3 Å². The molecule has 1 amide bonds. The Morgan fingerprint density at radius 3 is 2.89 bits per heavy atom. The standard InChI is InChI=1S/C19H26N4O4/c1-4-12(3)23-17-15(9-20-23)14(8-11(2)21-17)18(24)22-16(19(25)26)13-6-5-7-27-10-13/h8-9,12-13,16H,4-7,10H2,1-3H3,(H,22,24)(H,25,26). The molecule has 1 saturated heterocycles. The number of carboxylic acids is 1. The Bertz CT molecular complexity index is 842. The van der Waals surface area contributed by atoms with Gasteiger partial charge in [0.15, 0.2) is 5.65 Å². The number of rotatable bonds is 6.